The number of hydrogen-bond donors (Lipinski definition) is 8. The molecular formula is C23H44N8O6. The summed E-state index contributed by atoms with van der Waals surface area (Å²) in [5.74, 6) is -4.32. The van der Waals surface area contributed by atoms with Crippen LogP contribution in [-0.4, -0.2) is 71.4 Å². The van der Waals surface area contributed by atoms with Gasteiger partial charge in [-0.15, -0.1) is 0 Å². The molecule has 212 valence electrons. The van der Waals surface area contributed by atoms with Gasteiger partial charge in [0.15, 0.2) is 5.96 Å². The Kier molecular flexibility index (Phi) is 15.5. The van der Waals surface area contributed by atoms with Crippen LogP contribution in [0.3, 0.4) is 0 Å². The zero-order valence-electron chi connectivity index (χ0n) is 22.2. The minimum Gasteiger partial charge on any atom is -0.480 e. The van der Waals surface area contributed by atoms with Crippen LogP contribution in [0, 0.1) is 11.8 Å². The fraction of sp³-hybridized carbons (Fsp3) is 0.739. The number of nitrogens with zero attached hydrogens (tertiary/aromatic N) is 1. The summed E-state index contributed by atoms with van der Waals surface area (Å²) >= 11 is 0. The summed E-state index contributed by atoms with van der Waals surface area (Å²) in [6.07, 6.45) is 1.04. The topological polar surface area (TPSA) is 258 Å². The van der Waals surface area contributed by atoms with Crippen LogP contribution in [0.1, 0.15) is 66.2 Å². The average molecular weight is 529 g/mol. The van der Waals surface area contributed by atoms with Crippen LogP contribution in [0.2, 0.25) is 0 Å². The van der Waals surface area contributed by atoms with Crippen molar-refractivity contribution in [2.24, 2.45) is 39.8 Å². The molecule has 0 aromatic rings. The Labute approximate surface area is 217 Å². The van der Waals surface area contributed by atoms with Gasteiger partial charge >= 0.3 is 5.97 Å². The molecule has 0 aromatic heterocycles. The van der Waals surface area contributed by atoms with E-state index in [-0.39, 0.29) is 50.0 Å². The van der Waals surface area contributed by atoms with Crippen molar-refractivity contribution in [3.63, 3.8) is 0 Å². The van der Waals surface area contributed by atoms with Crippen molar-refractivity contribution in [3.05, 3.63) is 0 Å². The maximum absolute atomic E-state index is 13.1. The molecule has 0 radical (unpaired) electrons. The van der Waals surface area contributed by atoms with Gasteiger partial charge < -0.3 is 44.0 Å². The van der Waals surface area contributed by atoms with E-state index in [1.165, 1.54) is 0 Å². The molecule has 0 saturated heterocycles. The Balaban J connectivity index is 5.53. The van der Waals surface area contributed by atoms with E-state index >= 15 is 0 Å². The van der Waals surface area contributed by atoms with Gasteiger partial charge in [0.05, 0.1) is 6.04 Å². The molecule has 0 rings (SSSR count). The van der Waals surface area contributed by atoms with E-state index in [4.69, 9.17) is 22.9 Å². The lowest BCUT2D eigenvalue weighted by molar-refractivity contribution is -0.143. The summed E-state index contributed by atoms with van der Waals surface area (Å²) in [5.41, 5.74) is 21.6. The Morgan fingerprint density at radius 2 is 1.46 bits per heavy atom. The maximum atomic E-state index is 13.1. The first-order valence-corrected chi connectivity index (χ1v) is 12.4. The van der Waals surface area contributed by atoms with Crippen LogP contribution in [0.4, 0.5) is 0 Å². The van der Waals surface area contributed by atoms with E-state index in [0.717, 1.165) is 0 Å². The fourth-order valence-electron chi connectivity index (χ4n) is 3.39. The third-order valence-corrected chi connectivity index (χ3v) is 5.73. The molecule has 0 fully saturated rings. The number of nitrogens with one attached hydrogen (secondary N) is 3. The first kappa shape index (κ1) is 33.6. The second-order valence-corrected chi connectivity index (χ2v) is 9.52. The summed E-state index contributed by atoms with van der Waals surface area (Å²) < 4.78 is 0. The quantitative estimate of drug-likeness (QED) is 0.0569. The van der Waals surface area contributed by atoms with Gasteiger partial charge in [0.25, 0.3) is 0 Å². The van der Waals surface area contributed by atoms with Gasteiger partial charge in [0, 0.05) is 13.0 Å². The first-order valence-electron chi connectivity index (χ1n) is 12.4. The molecule has 4 amide bonds. The highest BCUT2D eigenvalue weighted by Gasteiger charge is 2.33. The molecule has 5 unspecified atom stereocenters. The van der Waals surface area contributed by atoms with Crippen molar-refractivity contribution in [2.45, 2.75) is 90.4 Å². The lowest BCUT2D eigenvalue weighted by Crippen LogP contribution is -2.58. The summed E-state index contributed by atoms with van der Waals surface area (Å²) in [4.78, 5) is 65.5. The van der Waals surface area contributed by atoms with Crippen LogP contribution in [-0.2, 0) is 24.0 Å². The Bertz CT molecular complexity index is 815. The first-order chi connectivity index (χ1) is 17.2. The van der Waals surface area contributed by atoms with Crippen molar-refractivity contribution < 1.29 is 29.1 Å². The fourth-order valence-corrected chi connectivity index (χ4v) is 3.39. The Morgan fingerprint density at radius 3 is 1.95 bits per heavy atom. The molecule has 0 aliphatic heterocycles. The highest BCUT2D eigenvalue weighted by molar-refractivity contribution is 5.94. The highest BCUT2D eigenvalue weighted by atomic mass is 16.4. The third-order valence-electron chi connectivity index (χ3n) is 5.73. The predicted molar refractivity (Wildman–Crippen MR) is 139 cm³/mol. The van der Waals surface area contributed by atoms with E-state index in [0.29, 0.717) is 12.8 Å². The number of guanidine groups is 1. The minimum absolute atomic E-state index is 0.00936. The zero-order chi connectivity index (χ0) is 28.7. The number of amides is 4. The van der Waals surface area contributed by atoms with Crippen LogP contribution < -0.4 is 38.9 Å². The van der Waals surface area contributed by atoms with Crippen LogP contribution >= 0.6 is 0 Å². The van der Waals surface area contributed by atoms with Crippen molar-refractivity contribution in [3.8, 4) is 0 Å². The molecule has 14 nitrogen and oxygen atoms in total. The molecule has 12 N–H and O–H groups in total. The number of carboxylic acid groups (broad SMARTS) is 1. The number of aliphatic imine (C=N–C) groups is 1. The van der Waals surface area contributed by atoms with Crippen LogP contribution in [0.15, 0.2) is 4.99 Å². The second kappa shape index (κ2) is 17.1. The zero-order valence-corrected chi connectivity index (χ0v) is 22.2. The highest BCUT2D eigenvalue weighted by Crippen LogP contribution is 2.12. The lowest BCUT2D eigenvalue weighted by atomic mass is 9.96. The molecule has 0 bridgehead atoms. The van der Waals surface area contributed by atoms with E-state index in [1.54, 1.807) is 6.92 Å². The maximum Gasteiger partial charge on any atom is 0.326 e. The van der Waals surface area contributed by atoms with Gasteiger partial charge in [-0.05, 0) is 37.5 Å². The van der Waals surface area contributed by atoms with Crippen molar-refractivity contribution in [2.75, 3.05) is 6.54 Å². The molecule has 14 heteroatoms. The molecule has 0 aliphatic rings. The molecular weight excluding hydrogens is 484 g/mol. The Morgan fingerprint density at radius 1 is 0.865 bits per heavy atom. The normalized spacial score (nSPS) is 15.0. The molecule has 0 aromatic carbocycles. The minimum atomic E-state index is -1.20. The monoisotopic (exact) mass is 528 g/mol. The SMILES string of the molecule is CCC(C)C(NC(=O)C(CCC(N)=O)NC(=O)C(N)CCCN=C(N)N)C(=O)NC(CC(C)C)C(=O)O. The summed E-state index contributed by atoms with van der Waals surface area (Å²) in [7, 11) is 0. The van der Waals surface area contributed by atoms with Crippen molar-refractivity contribution in [1.82, 2.24) is 16.0 Å². The van der Waals surface area contributed by atoms with Gasteiger partial charge in [-0.2, -0.15) is 0 Å². The number of nitrogens with two attached hydrogens (primary N) is 4. The third kappa shape index (κ3) is 14.0. The van der Waals surface area contributed by atoms with Gasteiger partial charge in [-0.3, -0.25) is 24.2 Å². The molecule has 5 atom stereocenters. The summed E-state index contributed by atoms with van der Waals surface area (Å²) in [6, 6.07) is -4.38. The largest absolute Gasteiger partial charge is 0.480 e. The number of hydrogen-bond acceptors (Lipinski definition) is 7. The lowest BCUT2D eigenvalue weighted by Gasteiger charge is -2.28. The van der Waals surface area contributed by atoms with Gasteiger partial charge in [0.1, 0.15) is 18.1 Å². The molecule has 0 aliphatic carbocycles. The number of carboxylic acids is 1. The van der Waals surface area contributed by atoms with E-state index in [2.05, 4.69) is 20.9 Å². The number of primary amides is 1. The van der Waals surface area contributed by atoms with Gasteiger partial charge in [-0.25, -0.2) is 4.79 Å². The molecule has 37 heavy (non-hydrogen) atoms. The van der Waals surface area contributed by atoms with Crippen LogP contribution in [0.5, 0.6) is 0 Å². The van der Waals surface area contributed by atoms with E-state index in [1.807, 2.05) is 20.8 Å². The average Bonchev–Trinajstić information content (AvgIpc) is 2.80. The summed E-state index contributed by atoms with van der Waals surface area (Å²) in [5, 5.41) is 17.1. The van der Waals surface area contributed by atoms with Crippen molar-refractivity contribution >= 4 is 35.6 Å². The molecule has 0 heterocycles. The summed E-state index contributed by atoms with van der Waals surface area (Å²) in [6.45, 7) is 7.47. The molecule has 0 spiro atoms. The Hall–Kier alpha value is -3.42. The smallest absolute Gasteiger partial charge is 0.326 e. The number of carbonyl (C=O) groups is 5. The number of aliphatic carboxylic acids is 1. The number of carbonyl (C=O) groups excluding carboxylic acids is 4. The van der Waals surface area contributed by atoms with Gasteiger partial charge in [-0.1, -0.05) is 34.1 Å². The second-order valence-electron chi connectivity index (χ2n) is 9.52. The van der Waals surface area contributed by atoms with Crippen molar-refractivity contribution in [1.29, 1.82) is 0 Å². The van der Waals surface area contributed by atoms with E-state index < -0.39 is 53.8 Å². The van der Waals surface area contributed by atoms with E-state index in [9.17, 15) is 29.1 Å². The number of rotatable bonds is 18. The standard InChI is InChI=1S/C23H44N8O6/c1-5-13(4)18(21(35)30-16(22(36)37)11-12(2)3)31-20(34)15(8-9-17(25)32)29-19(33)14(24)7-6-10-28-23(26)27/h12-16,18H,5-11,24H2,1-4H3,(H2,25,32)(H,29,33)(H,30,35)(H,31,34)(H,36,37)(H4,26,27,28). The predicted octanol–water partition coefficient (Wildman–Crippen LogP) is -1.74. The van der Waals surface area contributed by atoms with Crippen LogP contribution in [0.25, 0.3) is 0 Å². The van der Waals surface area contributed by atoms with Gasteiger partial charge in [0.2, 0.25) is 23.6 Å². The molecule has 0 saturated carbocycles.